The van der Waals surface area contributed by atoms with Crippen LogP contribution in [0.2, 0.25) is 16.6 Å². The Morgan fingerprint density at radius 2 is 1.48 bits per heavy atom. The third-order valence-corrected chi connectivity index (χ3v) is 12.7. The largest absolute Gasteiger partial charge is 0.573 e. The molecule has 1 aromatic carbocycles. The average molecular weight is 495 g/mol. The van der Waals surface area contributed by atoms with E-state index in [4.69, 9.17) is 9.16 Å². The van der Waals surface area contributed by atoms with Crippen molar-refractivity contribution in [3.05, 3.63) is 22.2 Å². The Balaban J connectivity index is 2.66. The third-order valence-electron chi connectivity index (χ3n) is 5.52. The predicted octanol–water partition coefficient (Wildman–Crippen LogP) is 8.05. The summed E-state index contributed by atoms with van der Waals surface area (Å²) in [6.45, 7) is 16.2. The summed E-state index contributed by atoms with van der Waals surface area (Å²) in [6.07, 6.45) is -3.07. The van der Waals surface area contributed by atoms with Crippen molar-refractivity contribution in [2.75, 3.05) is 0 Å². The van der Waals surface area contributed by atoms with Gasteiger partial charge >= 0.3 is 6.36 Å². The molecule has 0 fully saturated rings. The maximum atomic E-state index is 13.1. The highest BCUT2D eigenvalue weighted by Gasteiger charge is 2.48. The van der Waals surface area contributed by atoms with Crippen LogP contribution in [0.5, 0.6) is 17.2 Å². The molecule has 8 heteroatoms. The predicted molar refractivity (Wildman–Crippen MR) is 116 cm³/mol. The van der Waals surface area contributed by atoms with Gasteiger partial charge in [-0.15, -0.1) is 13.2 Å². The fourth-order valence-corrected chi connectivity index (χ4v) is 9.80. The van der Waals surface area contributed by atoms with Crippen molar-refractivity contribution in [3.8, 4) is 17.2 Å². The van der Waals surface area contributed by atoms with Crippen molar-refractivity contribution in [2.24, 2.45) is 0 Å². The molecule has 0 aliphatic carbocycles. The Hall–Kier alpha value is -1.15. The van der Waals surface area contributed by atoms with Gasteiger partial charge in [0.25, 0.3) is 8.32 Å². The monoisotopic (exact) mass is 494 g/mol. The molecule has 0 N–H and O–H groups in total. The second-order valence-corrected chi connectivity index (χ2v) is 15.1. The van der Waals surface area contributed by atoms with E-state index in [9.17, 15) is 13.2 Å². The maximum absolute atomic E-state index is 13.1. The summed E-state index contributed by atoms with van der Waals surface area (Å²) in [5, 5.41) is 0. The molecule has 0 aromatic heterocycles. The van der Waals surface area contributed by atoms with Gasteiger partial charge in [0.1, 0.15) is 11.4 Å². The molecule has 1 heterocycles. The van der Waals surface area contributed by atoms with E-state index in [-0.39, 0.29) is 28.1 Å². The highest BCUT2D eigenvalue weighted by atomic mass is 79.9. The number of rotatable bonds is 6. The number of alkyl halides is 3. The normalized spacial score (nSPS) is 16.6. The molecule has 0 bridgehead atoms. The average Bonchev–Trinajstić information content (AvgIpc) is 2.51. The lowest BCUT2D eigenvalue weighted by Gasteiger charge is -2.42. The van der Waals surface area contributed by atoms with Gasteiger partial charge in [-0.25, -0.2) is 0 Å². The van der Waals surface area contributed by atoms with Gasteiger partial charge in [-0.1, -0.05) is 57.5 Å². The van der Waals surface area contributed by atoms with Crippen LogP contribution in [0.15, 0.2) is 16.6 Å². The first-order valence-electron chi connectivity index (χ1n) is 9.79. The lowest BCUT2D eigenvalue weighted by atomic mass is 10.0. The maximum Gasteiger partial charge on any atom is 0.573 e. The first-order chi connectivity index (χ1) is 13.1. The first kappa shape index (κ1) is 24.1. The second-order valence-electron chi connectivity index (χ2n) is 8.91. The van der Waals surface area contributed by atoms with E-state index >= 15 is 0 Å². The van der Waals surface area contributed by atoms with Crippen LogP contribution in [-0.2, 0) is 0 Å². The third kappa shape index (κ3) is 4.95. The number of benzene rings is 1. The Kier molecular flexibility index (Phi) is 6.80. The molecule has 3 nitrogen and oxygen atoms in total. The Morgan fingerprint density at radius 1 is 0.966 bits per heavy atom. The van der Waals surface area contributed by atoms with E-state index in [0.717, 1.165) is 4.48 Å². The summed E-state index contributed by atoms with van der Waals surface area (Å²) >= 11 is 3.44. The van der Waals surface area contributed by atoms with E-state index in [1.165, 1.54) is 6.07 Å². The standard InChI is InChI=1S/C21H30BrF3O3Si/c1-12(2)29(13(3)4,14(5)6)28-18-11-16-15(9-17(18)27-21(23,24)25)10-19(22)20(7,8)26-16/h9-14H,1-8H3. The summed E-state index contributed by atoms with van der Waals surface area (Å²) in [5.41, 5.74) is 0.476. The molecule has 0 saturated carbocycles. The quantitative estimate of drug-likeness (QED) is 0.374. The highest BCUT2D eigenvalue weighted by Crippen LogP contribution is 2.49. The lowest BCUT2D eigenvalue weighted by Crippen LogP contribution is -2.50. The molecular formula is C21H30BrF3O3Si. The van der Waals surface area contributed by atoms with E-state index < -0.39 is 20.3 Å². The lowest BCUT2D eigenvalue weighted by molar-refractivity contribution is -0.275. The molecular weight excluding hydrogens is 465 g/mol. The Labute approximate surface area is 180 Å². The smallest absolute Gasteiger partial charge is 0.540 e. The zero-order valence-electron chi connectivity index (χ0n) is 18.2. The molecule has 1 aliphatic heterocycles. The van der Waals surface area contributed by atoms with E-state index in [0.29, 0.717) is 11.3 Å². The molecule has 0 atom stereocenters. The van der Waals surface area contributed by atoms with Crippen LogP contribution in [0.3, 0.4) is 0 Å². The minimum Gasteiger partial charge on any atom is -0.540 e. The molecule has 0 radical (unpaired) electrons. The van der Waals surface area contributed by atoms with Crippen LogP contribution in [0.25, 0.3) is 6.08 Å². The molecule has 164 valence electrons. The van der Waals surface area contributed by atoms with Crippen molar-refractivity contribution in [2.45, 2.75) is 84.0 Å². The molecule has 2 rings (SSSR count). The number of halogens is 4. The number of hydrogen-bond donors (Lipinski definition) is 0. The van der Waals surface area contributed by atoms with Crippen molar-refractivity contribution in [1.82, 2.24) is 0 Å². The fraction of sp³-hybridized carbons (Fsp3) is 0.619. The van der Waals surface area contributed by atoms with Gasteiger partial charge in [-0.3, -0.25) is 0 Å². The van der Waals surface area contributed by atoms with Crippen LogP contribution in [0.4, 0.5) is 13.2 Å². The van der Waals surface area contributed by atoms with Gasteiger partial charge in [0, 0.05) is 16.1 Å². The summed E-state index contributed by atoms with van der Waals surface area (Å²) in [4.78, 5) is 0. The van der Waals surface area contributed by atoms with Crippen LogP contribution >= 0.6 is 15.9 Å². The van der Waals surface area contributed by atoms with Crippen molar-refractivity contribution in [3.63, 3.8) is 0 Å². The van der Waals surface area contributed by atoms with Gasteiger partial charge in [-0.05, 0) is 42.6 Å². The number of ether oxygens (including phenoxy) is 2. The fourth-order valence-electron chi connectivity index (χ4n) is 4.22. The van der Waals surface area contributed by atoms with Crippen LogP contribution in [0.1, 0.15) is 61.0 Å². The Morgan fingerprint density at radius 3 is 1.93 bits per heavy atom. The number of hydrogen-bond acceptors (Lipinski definition) is 3. The zero-order chi connectivity index (χ0) is 22.4. The van der Waals surface area contributed by atoms with E-state index in [1.54, 1.807) is 12.1 Å². The molecule has 0 spiro atoms. The molecule has 0 saturated heterocycles. The summed E-state index contributed by atoms with van der Waals surface area (Å²) < 4.78 is 57.1. The van der Waals surface area contributed by atoms with Gasteiger partial charge in [-0.2, -0.15) is 0 Å². The molecule has 1 aromatic rings. The van der Waals surface area contributed by atoms with Crippen molar-refractivity contribution >= 4 is 30.3 Å². The van der Waals surface area contributed by atoms with Gasteiger partial charge in [0.05, 0.1) is 0 Å². The highest BCUT2D eigenvalue weighted by molar-refractivity contribution is 9.11. The van der Waals surface area contributed by atoms with Gasteiger partial charge < -0.3 is 13.9 Å². The first-order valence-corrected chi connectivity index (χ1v) is 12.7. The van der Waals surface area contributed by atoms with Crippen LogP contribution in [-0.4, -0.2) is 20.3 Å². The van der Waals surface area contributed by atoms with Gasteiger partial charge in [0.2, 0.25) is 0 Å². The summed E-state index contributed by atoms with van der Waals surface area (Å²) in [5.74, 6) is 0.225. The zero-order valence-corrected chi connectivity index (χ0v) is 20.8. The molecule has 29 heavy (non-hydrogen) atoms. The van der Waals surface area contributed by atoms with Gasteiger partial charge in [0.15, 0.2) is 11.5 Å². The van der Waals surface area contributed by atoms with Crippen LogP contribution in [0, 0.1) is 0 Å². The topological polar surface area (TPSA) is 27.7 Å². The summed E-state index contributed by atoms with van der Waals surface area (Å²) in [6, 6.07) is 2.89. The van der Waals surface area contributed by atoms with Crippen molar-refractivity contribution in [1.29, 1.82) is 0 Å². The second kappa shape index (κ2) is 8.17. The van der Waals surface area contributed by atoms with E-state index in [1.807, 2.05) is 13.8 Å². The minimum absolute atomic E-state index is 0.0889. The minimum atomic E-state index is -4.82. The Bertz CT molecular complexity index is 764. The molecule has 0 unspecified atom stereocenters. The van der Waals surface area contributed by atoms with Crippen molar-refractivity contribution < 1.29 is 27.1 Å². The SMILES string of the molecule is CC(C)[Si](Oc1cc2c(cc1OC(F)(F)F)C=C(Br)C(C)(C)O2)(C(C)C)C(C)C. The molecule has 1 aliphatic rings. The van der Waals surface area contributed by atoms with Crippen LogP contribution < -0.4 is 13.9 Å². The number of fused-ring (bicyclic) bond motifs is 1. The van der Waals surface area contributed by atoms with E-state index in [2.05, 4.69) is 62.2 Å². The molecule has 0 amide bonds. The summed E-state index contributed by atoms with van der Waals surface area (Å²) in [7, 11) is -2.50.